The highest BCUT2D eigenvalue weighted by Crippen LogP contribution is 2.21. The first-order valence-electron chi connectivity index (χ1n) is 5.81. The molecule has 0 heterocycles. The van der Waals surface area contributed by atoms with Crippen molar-refractivity contribution in [3.63, 3.8) is 0 Å². The molecule has 0 saturated heterocycles. The highest BCUT2D eigenvalue weighted by atomic mass is 79.9. The number of benzene rings is 2. The Balaban J connectivity index is 2.23. The summed E-state index contributed by atoms with van der Waals surface area (Å²) >= 11 is 6.83. The van der Waals surface area contributed by atoms with Crippen LogP contribution in [0.25, 0.3) is 0 Å². The van der Waals surface area contributed by atoms with Gasteiger partial charge in [0.15, 0.2) is 0 Å². The maximum absolute atomic E-state index is 12.2. The first-order chi connectivity index (χ1) is 8.97. The van der Waals surface area contributed by atoms with Crippen LogP contribution in [0.15, 0.2) is 45.3 Å². The minimum Gasteiger partial charge on any atom is -0.322 e. The Bertz CT molecular complexity index is 638. The predicted octanol–water partition coefficient (Wildman–Crippen LogP) is 5.08. The smallest absolute Gasteiger partial charge is 0.255 e. The number of halogens is 2. The molecule has 0 aliphatic rings. The van der Waals surface area contributed by atoms with Crippen molar-refractivity contribution in [3.05, 3.63) is 62.0 Å². The van der Waals surface area contributed by atoms with Gasteiger partial charge in [-0.15, -0.1) is 0 Å². The third-order valence-corrected chi connectivity index (χ3v) is 4.23. The molecule has 0 atom stereocenters. The molecule has 1 N–H and O–H groups in total. The largest absolute Gasteiger partial charge is 0.322 e. The fraction of sp³-hybridized carbons (Fsp3) is 0.133. The van der Waals surface area contributed by atoms with Gasteiger partial charge in [0.1, 0.15) is 0 Å². The van der Waals surface area contributed by atoms with E-state index < -0.39 is 0 Å². The first-order valence-corrected chi connectivity index (χ1v) is 7.39. The molecule has 0 aliphatic heterocycles. The van der Waals surface area contributed by atoms with Crippen LogP contribution in [0.5, 0.6) is 0 Å². The van der Waals surface area contributed by atoms with Crippen molar-refractivity contribution < 1.29 is 4.79 Å². The van der Waals surface area contributed by atoms with Crippen LogP contribution in [0, 0.1) is 13.8 Å². The molecular weight excluding hydrogens is 370 g/mol. The van der Waals surface area contributed by atoms with E-state index in [1.165, 1.54) is 0 Å². The second-order valence-corrected chi connectivity index (χ2v) is 6.15. The molecule has 0 aliphatic carbocycles. The van der Waals surface area contributed by atoms with Gasteiger partial charge in [-0.2, -0.15) is 0 Å². The standard InChI is InChI=1S/C15H13Br2NO/c1-9-7-11(16)3-5-13(9)15(19)18-12-4-6-14(17)10(2)8-12/h3-8H,1-2H3,(H,18,19). The molecule has 19 heavy (non-hydrogen) atoms. The summed E-state index contributed by atoms with van der Waals surface area (Å²) in [5, 5.41) is 2.91. The molecule has 98 valence electrons. The van der Waals surface area contributed by atoms with Crippen molar-refractivity contribution in [2.24, 2.45) is 0 Å². The highest BCUT2D eigenvalue weighted by Gasteiger charge is 2.09. The number of aryl methyl sites for hydroxylation is 2. The van der Waals surface area contributed by atoms with E-state index in [2.05, 4.69) is 37.2 Å². The van der Waals surface area contributed by atoms with Gasteiger partial charge >= 0.3 is 0 Å². The zero-order chi connectivity index (χ0) is 14.0. The number of amides is 1. The summed E-state index contributed by atoms with van der Waals surface area (Å²) in [6.45, 7) is 3.91. The monoisotopic (exact) mass is 381 g/mol. The van der Waals surface area contributed by atoms with Gasteiger partial charge in [-0.3, -0.25) is 4.79 Å². The third kappa shape index (κ3) is 3.45. The molecule has 4 heteroatoms. The van der Waals surface area contributed by atoms with Crippen LogP contribution in [0.3, 0.4) is 0 Å². The third-order valence-electron chi connectivity index (χ3n) is 2.85. The van der Waals surface area contributed by atoms with Crippen molar-refractivity contribution >= 4 is 43.5 Å². The summed E-state index contributed by atoms with van der Waals surface area (Å²) in [6.07, 6.45) is 0. The zero-order valence-electron chi connectivity index (χ0n) is 10.6. The maximum Gasteiger partial charge on any atom is 0.255 e. The lowest BCUT2D eigenvalue weighted by Gasteiger charge is -2.09. The van der Waals surface area contributed by atoms with E-state index in [1.54, 1.807) is 0 Å². The number of hydrogen-bond donors (Lipinski definition) is 1. The topological polar surface area (TPSA) is 29.1 Å². The van der Waals surface area contributed by atoms with Crippen LogP contribution in [-0.4, -0.2) is 5.91 Å². The van der Waals surface area contributed by atoms with E-state index in [4.69, 9.17) is 0 Å². The van der Waals surface area contributed by atoms with Crippen LogP contribution in [0.1, 0.15) is 21.5 Å². The minimum atomic E-state index is -0.0910. The Morgan fingerprint density at radius 3 is 2.37 bits per heavy atom. The molecular formula is C15H13Br2NO. The van der Waals surface area contributed by atoms with Crippen molar-refractivity contribution in [2.75, 3.05) is 5.32 Å². The van der Waals surface area contributed by atoms with Gasteiger partial charge in [0.2, 0.25) is 0 Å². The lowest BCUT2D eigenvalue weighted by molar-refractivity contribution is 0.102. The Kier molecular flexibility index (Phi) is 4.42. The first kappa shape index (κ1) is 14.3. The quantitative estimate of drug-likeness (QED) is 0.770. The molecule has 2 aromatic rings. The van der Waals surface area contributed by atoms with Crippen molar-refractivity contribution in [1.29, 1.82) is 0 Å². The molecule has 0 spiro atoms. The van der Waals surface area contributed by atoms with Gasteiger partial charge in [0.05, 0.1) is 0 Å². The summed E-state index contributed by atoms with van der Waals surface area (Å²) in [4.78, 5) is 12.2. The zero-order valence-corrected chi connectivity index (χ0v) is 13.8. The summed E-state index contributed by atoms with van der Waals surface area (Å²) < 4.78 is 2.01. The molecule has 0 unspecified atom stereocenters. The van der Waals surface area contributed by atoms with Gasteiger partial charge in [-0.1, -0.05) is 31.9 Å². The molecule has 0 saturated carbocycles. The van der Waals surface area contributed by atoms with Crippen LogP contribution >= 0.6 is 31.9 Å². The molecule has 0 radical (unpaired) electrons. The Morgan fingerprint density at radius 2 is 1.74 bits per heavy atom. The minimum absolute atomic E-state index is 0.0910. The average Bonchev–Trinajstić information content (AvgIpc) is 2.33. The van der Waals surface area contributed by atoms with Crippen LogP contribution < -0.4 is 5.32 Å². The van der Waals surface area contributed by atoms with E-state index in [0.717, 1.165) is 25.8 Å². The lowest BCUT2D eigenvalue weighted by Crippen LogP contribution is -2.13. The lowest BCUT2D eigenvalue weighted by atomic mass is 10.1. The summed E-state index contributed by atoms with van der Waals surface area (Å²) in [5.74, 6) is -0.0910. The molecule has 2 aromatic carbocycles. The van der Waals surface area contributed by atoms with E-state index in [9.17, 15) is 4.79 Å². The van der Waals surface area contributed by atoms with Gasteiger partial charge < -0.3 is 5.32 Å². The second-order valence-electron chi connectivity index (χ2n) is 4.38. The van der Waals surface area contributed by atoms with Gasteiger partial charge in [0.25, 0.3) is 5.91 Å². The van der Waals surface area contributed by atoms with E-state index >= 15 is 0 Å². The number of carbonyl (C=O) groups excluding carboxylic acids is 1. The summed E-state index contributed by atoms with van der Waals surface area (Å²) in [6, 6.07) is 11.4. The maximum atomic E-state index is 12.2. The normalized spacial score (nSPS) is 10.3. The Morgan fingerprint density at radius 1 is 1.00 bits per heavy atom. The molecule has 0 aromatic heterocycles. The number of carbonyl (C=O) groups is 1. The van der Waals surface area contributed by atoms with Crippen molar-refractivity contribution in [2.45, 2.75) is 13.8 Å². The van der Waals surface area contributed by atoms with Crippen LogP contribution in [0.4, 0.5) is 5.69 Å². The predicted molar refractivity (Wildman–Crippen MR) is 85.7 cm³/mol. The fourth-order valence-corrected chi connectivity index (χ4v) is 2.52. The van der Waals surface area contributed by atoms with Gasteiger partial charge in [0, 0.05) is 20.2 Å². The highest BCUT2D eigenvalue weighted by molar-refractivity contribution is 9.10. The molecule has 2 rings (SSSR count). The fourth-order valence-electron chi connectivity index (χ4n) is 1.80. The second kappa shape index (κ2) is 5.88. The van der Waals surface area contributed by atoms with Crippen LogP contribution in [-0.2, 0) is 0 Å². The number of hydrogen-bond acceptors (Lipinski definition) is 1. The van der Waals surface area contributed by atoms with Gasteiger partial charge in [-0.05, 0) is 61.4 Å². The molecule has 0 bridgehead atoms. The van der Waals surface area contributed by atoms with Crippen molar-refractivity contribution in [3.8, 4) is 0 Å². The Labute approximate surface area is 129 Å². The molecule has 2 nitrogen and oxygen atoms in total. The van der Waals surface area contributed by atoms with Crippen molar-refractivity contribution in [1.82, 2.24) is 0 Å². The number of nitrogens with one attached hydrogen (secondary N) is 1. The molecule has 0 fully saturated rings. The van der Waals surface area contributed by atoms with E-state index in [-0.39, 0.29) is 5.91 Å². The van der Waals surface area contributed by atoms with E-state index in [1.807, 2.05) is 50.2 Å². The van der Waals surface area contributed by atoms with Crippen LogP contribution in [0.2, 0.25) is 0 Å². The SMILES string of the molecule is Cc1cc(NC(=O)c2ccc(Br)cc2C)ccc1Br. The van der Waals surface area contributed by atoms with E-state index in [0.29, 0.717) is 5.56 Å². The summed E-state index contributed by atoms with van der Waals surface area (Å²) in [5.41, 5.74) is 3.52. The Hall–Kier alpha value is -1.13. The summed E-state index contributed by atoms with van der Waals surface area (Å²) in [7, 11) is 0. The number of rotatable bonds is 2. The number of anilines is 1. The molecule has 1 amide bonds. The van der Waals surface area contributed by atoms with Gasteiger partial charge in [-0.25, -0.2) is 0 Å². The average molecular weight is 383 g/mol.